The summed E-state index contributed by atoms with van der Waals surface area (Å²) in [5.41, 5.74) is -0.329. The molecule has 2 rings (SSSR count). The van der Waals surface area contributed by atoms with Gasteiger partial charge in [0.05, 0.1) is 26.4 Å². The molecule has 2 atom stereocenters. The number of carboxylic acids is 1. The topological polar surface area (TPSA) is 82.6 Å². The van der Waals surface area contributed by atoms with Crippen molar-refractivity contribution in [1.82, 2.24) is 14.7 Å². The van der Waals surface area contributed by atoms with Crippen molar-refractivity contribution in [2.24, 2.45) is 5.92 Å². The minimum atomic E-state index is -5.08. The minimum Gasteiger partial charge on any atom is -0.475 e. The molecule has 2 unspecified atom stereocenters. The van der Waals surface area contributed by atoms with Crippen LogP contribution in [0.15, 0.2) is 0 Å². The molecule has 2 fully saturated rings. The maximum absolute atomic E-state index is 12.3. The summed E-state index contributed by atoms with van der Waals surface area (Å²) in [6, 6.07) is 0.574. The number of rotatable bonds is 3. The molecule has 0 aromatic rings. The zero-order chi connectivity index (χ0) is 22.4. The zero-order valence-electron chi connectivity index (χ0n) is 17.7. The van der Waals surface area contributed by atoms with Crippen LogP contribution in [0.1, 0.15) is 20.3 Å². The third-order valence-corrected chi connectivity index (χ3v) is 4.96. The summed E-state index contributed by atoms with van der Waals surface area (Å²) in [6.07, 6.45) is -4.12. The van der Waals surface area contributed by atoms with E-state index in [0.717, 1.165) is 19.6 Å². The number of nitrogens with zero attached hydrogens (tertiary/aromatic N) is 3. The number of urea groups is 1. The van der Waals surface area contributed by atoms with Gasteiger partial charge < -0.3 is 29.3 Å². The molecule has 0 aromatic heterocycles. The Morgan fingerprint density at radius 1 is 1.28 bits per heavy atom. The Morgan fingerprint density at radius 3 is 2.34 bits per heavy atom. The van der Waals surface area contributed by atoms with E-state index in [1.165, 1.54) is 0 Å². The Morgan fingerprint density at radius 2 is 1.86 bits per heavy atom. The molecular formula is C18H32F3N3O5. The Balaban J connectivity index is 0.000000516. The Bertz CT molecular complexity index is 559. The number of carboxylic acid groups (broad SMARTS) is 1. The lowest BCUT2D eigenvalue weighted by molar-refractivity contribution is -0.192. The highest BCUT2D eigenvalue weighted by Crippen LogP contribution is 2.33. The van der Waals surface area contributed by atoms with E-state index in [1.807, 2.05) is 4.90 Å². The van der Waals surface area contributed by atoms with E-state index in [-0.39, 0.29) is 11.6 Å². The summed E-state index contributed by atoms with van der Waals surface area (Å²) in [7, 11) is 5.73. The van der Waals surface area contributed by atoms with Crippen molar-refractivity contribution in [3.63, 3.8) is 0 Å². The second-order valence-electron chi connectivity index (χ2n) is 8.05. The first kappa shape index (κ1) is 25.4. The van der Waals surface area contributed by atoms with Crippen molar-refractivity contribution in [1.29, 1.82) is 0 Å². The van der Waals surface area contributed by atoms with Crippen LogP contribution in [0.25, 0.3) is 0 Å². The Labute approximate surface area is 169 Å². The fourth-order valence-electron chi connectivity index (χ4n) is 3.24. The van der Waals surface area contributed by atoms with E-state index in [2.05, 4.69) is 25.8 Å². The molecule has 0 aromatic carbocycles. The lowest BCUT2D eigenvalue weighted by atomic mass is 9.93. The molecule has 1 N–H and O–H groups in total. The molecule has 29 heavy (non-hydrogen) atoms. The monoisotopic (exact) mass is 427 g/mol. The molecule has 2 aliphatic heterocycles. The summed E-state index contributed by atoms with van der Waals surface area (Å²) >= 11 is 0. The fourth-order valence-corrected chi connectivity index (χ4v) is 3.24. The zero-order valence-corrected chi connectivity index (χ0v) is 17.7. The van der Waals surface area contributed by atoms with Gasteiger partial charge in [0.2, 0.25) is 0 Å². The molecule has 0 radical (unpaired) electrons. The fraction of sp³-hybridized carbons (Fsp3) is 0.889. The van der Waals surface area contributed by atoms with Crippen LogP contribution in [0, 0.1) is 5.92 Å². The van der Waals surface area contributed by atoms with Crippen LogP contribution in [0.5, 0.6) is 0 Å². The van der Waals surface area contributed by atoms with E-state index in [4.69, 9.17) is 19.4 Å². The number of halogens is 3. The predicted octanol–water partition coefficient (Wildman–Crippen LogP) is 1.75. The third kappa shape index (κ3) is 7.98. The first-order valence-electron chi connectivity index (χ1n) is 9.45. The van der Waals surface area contributed by atoms with Crippen LogP contribution in [0.3, 0.4) is 0 Å². The number of amides is 2. The summed E-state index contributed by atoms with van der Waals surface area (Å²) in [4.78, 5) is 27.0. The van der Waals surface area contributed by atoms with E-state index in [0.29, 0.717) is 38.3 Å². The van der Waals surface area contributed by atoms with E-state index < -0.39 is 12.1 Å². The molecule has 0 aliphatic carbocycles. The molecule has 8 nitrogen and oxygen atoms in total. The van der Waals surface area contributed by atoms with Crippen LogP contribution in [0.2, 0.25) is 0 Å². The average Bonchev–Trinajstić information content (AvgIpc) is 2.86. The van der Waals surface area contributed by atoms with Crippen molar-refractivity contribution in [3.8, 4) is 0 Å². The molecular weight excluding hydrogens is 395 g/mol. The number of hydrogen-bond donors (Lipinski definition) is 1. The van der Waals surface area contributed by atoms with Crippen molar-refractivity contribution in [2.45, 2.75) is 38.1 Å². The van der Waals surface area contributed by atoms with E-state index in [1.54, 1.807) is 19.0 Å². The maximum Gasteiger partial charge on any atom is 0.490 e. The van der Waals surface area contributed by atoms with Crippen molar-refractivity contribution < 1.29 is 37.3 Å². The largest absolute Gasteiger partial charge is 0.490 e. The second-order valence-corrected chi connectivity index (χ2v) is 8.05. The highest BCUT2D eigenvalue weighted by Gasteiger charge is 2.44. The Hall–Kier alpha value is -1.59. The van der Waals surface area contributed by atoms with Gasteiger partial charge in [-0.2, -0.15) is 13.2 Å². The number of carbonyl (C=O) groups excluding carboxylic acids is 1. The lowest BCUT2D eigenvalue weighted by Crippen LogP contribution is -2.49. The maximum atomic E-state index is 12.3. The SMILES string of the molecule is CC(C)N(C)CC1COC2(COCCN(C(=O)N(C)C)C2)C1.O=C(O)C(F)(F)F. The van der Waals surface area contributed by atoms with E-state index in [9.17, 15) is 18.0 Å². The van der Waals surface area contributed by atoms with Gasteiger partial charge in [-0.3, -0.25) is 0 Å². The molecule has 2 amide bonds. The highest BCUT2D eigenvalue weighted by molar-refractivity contribution is 5.74. The summed E-state index contributed by atoms with van der Waals surface area (Å²) in [5, 5.41) is 7.12. The van der Waals surface area contributed by atoms with Crippen LogP contribution in [0.4, 0.5) is 18.0 Å². The van der Waals surface area contributed by atoms with Gasteiger partial charge in [-0.05, 0) is 33.2 Å². The number of ether oxygens (including phenoxy) is 2. The second kappa shape index (κ2) is 10.4. The minimum absolute atomic E-state index is 0.0382. The molecule has 1 spiro atoms. The van der Waals surface area contributed by atoms with Gasteiger partial charge >= 0.3 is 18.2 Å². The smallest absolute Gasteiger partial charge is 0.475 e. The predicted molar refractivity (Wildman–Crippen MR) is 99.7 cm³/mol. The molecule has 2 aliphatic rings. The lowest BCUT2D eigenvalue weighted by Gasteiger charge is -2.32. The van der Waals surface area contributed by atoms with Crippen molar-refractivity contribution in [2.75, 3.05) is 60.6 Å². The number of aliphatic carboxylic acids is 1. The Kier molecular flexibility index (Phi) is 9.16. The van der Waals surface area contributed by atoms with Gasteiger partial charge in [0.15, 0.2) is 0 Å². The standard InChI is InChI=1S/C16H31N3O3.C2HF3O2/c1-13(2)18(5)9-14-8-16(22-10-14)11-19(6-7-21-12-16)15(20)17(3)4;3-2(4,5)1(6)7/h13-14H,6-12H2,1-5H3;(H,6,7). The van der Waals surface area contributed by atoms with Crippen molar-refractivity contribution >= 4 is 12.0 Å². The molecule has 2 saturated heterocycles. The molecule has 170 valence electrons. The van der Waals surface area contributed by atoms with Gasteiger partial charge in [-0.25, -0.2) is 9.59 Å². The van der Waals surface area contributed by atoms with Gasteiger partial charge in [-0.1, -0.05) is 0 Å². The van der Waals surface area contributed by atoms with E-state index >= 15 is 0 Å². The van der Waals surface area contributed by atoms with Crippen LogP contribution < -0.4 is 0 Å². The normalized spacial score (nSPS) is 25.0. The first-order chi connectivity index (χ1) is 13.3. The summed E-state index contributed by atoms with van der Waals surface area (Å²) in [6.45, 7) is 8.64. The van der Waals surface area contributed by atoms with Crippen LogP contribution in [-0.4, -0.2) is 110 Å². The number of carbonyl (C=O) groups is 2. The van der Waals surface area contributed by atoms with Gasteiger partial charge in [0, 0.05) is 33.2 Å². The van der Waals surface area contributed by atoms with Crippen LogP contribution in [-0.2, 0) is 14.3 Å². The quantitative estimate of drug-likeness (QED) is 0.739. The first-order valence-corrected chi connectivity index (χ1v) is 9.45. The average molecular weight is 427 g/mol. The number of alkyl halides is 3. The third-order valence-electron chi connectivity index (χ3n) is 4.96. The van der Waals surface area contributed by atoms with Crippen LogP contribution >= 0.6 is 0 Å². The highest BCUT2D eigenvalue weighted by atomic mass is 19.4. The van der Waals surface area contributed by atoms with Gasteiger partial charge in [-0.15, -0.1) is 0 Å². The molecule has 11 heteroatoms. The van der Waals surface area contributed by atoms with Gasteiger partial charge in [0.1, 0.15) is 5.60 Å². The molecule has 0 bridgehead atoms. The van der Waals surface area contributed by atoms with Crippen molar-refractivity contribution in [3.05, 3.63) is 0 Å². The molecule has 2 heterocycles. The van der Waals surface area contributed by atoms with Gasteiger partial charge in [0.25, 0.3) is 0 Å². The summed E-state index contributed by atoms with van der Waals surface area (Å²) < 4.78 is 43.6. The number of hydrogen-bond acceptors (Lipinski definition) is 5. The summed E-state index contributed by atoms with van der Waals surface area (Å²) in [5.74, 6) is -2.25. The molecule has 0 saturated carbocycles.